The van der Waals surface area contributed by atoms with Crippen LogP contribution in [0, 0.1) is 0 Å². The Kier molecular flexibility index (Phi) is 5.81. The van der Waals surface area contributed by atoms with E-state index in [2.05, 4.69) is 0 Å². The van der Waals surface area contributed by atoms with Crippen LogP contribution in [0.5, 0.6) is 0 Å². The van der Waals surface area contributed by atoms with Crippen molar-refractivity contribution < 1.29 is 18.3 Å². The van der Waals surface area contributed by atoms with Crippen molar-refractivity contribution >= 4 is 23.5 Å². The van der Waals surface area contributed by atoms with Crippen LogP contribution in [0.25, 0.3) is 0 Å². The zero-order chi connectivity index (χ0) is 12.2. The molecule has 3 unspecified atom stereocenters. The molecule has 3 atom stereocenters. The van der Waals surface area contributed by atoms with Gasteiger partial charge in [-0.05, 0) is 12.8 Å². The summed E-state index contributed by atoms with van der Waals surface area (Å²) in [4.78, 5) is 0. The Morgan fingerprint density at radius 2 is 1.94 bits per heavy atom. The fourth-order valence-electron chi connectivity index (χ4n) is 1.77. The third-order valence-electron chi connectivity index (χ3n) is 2.60. The van der Waals surface area contributed by atoms with Gasteiger partial charge in [-0.2, -0.15) is 36.7 Å². The first-order valence-corrected chi connectivity index (χ1v) is 7.52. The van der Waals surface area contributed by atoms with Crippen LogP contribution in [-0.4, -0.2) is 39.4 Å². The average Bonchev–Trinajstić information content (AvgIpc) is 2.25. The summed E-state index contributed by atoms with van der Waals surface area (Å²) in [6, 6.07) is 0. The summed E-state index contributed by atoms with van der Waals surface area (Å²) in [7, 11) is 0. The number of aliphatic hydroxyl groups excluding tert-OH is 1. The van der Waals surface area contributed by atoms with E-state index in [1.807, 2.05) is 6.92 Å². The number of hydrogen-bond acceptors (Lipinski definition) is 3. The fourth-order valence-corrected chi connectivity index (χ4v) is 4.96. The second-order valence-electron chi connectivity index (χ2n) is 3.87. The van der Waals surface area contributed by atoms with Gasteiger partial charge < -0.3 is 5.11 Å². The van der Waals surface area contributed by atoms with Gasteiger partial charge in [-0.3, -0.25) is 0 Å². The van der Waals surface area contributed by atoms with Gasteiger partial charge in [-0.1, -0.05) is 6.92 Å². The minimum absolute atomic E-state index is 0.0360. The van der Waals surface area contributed by atoms with Gasteiger partial charge in [-0.15, -0.1) is 0 Å². The molecule has 96 valence electrons. The molecule has 0 aromatic heterocycles. The largest absolute Gasteiger partial charge is 0.392 e. The maximum atomic E-state index is 12.0. The van der Waals surface area contributed by atoms with Crippen molar-refractivity contribution in [2.24, 2.45) is 0 Å². The lowest BCUT2D eigenvalue weighted by Crippen LogP contribution is -2.36. The van der Waals surface area contributed by atoms with Gasteiger partial charge >= 0.3 is 6.18 Å². The Bertz CT molecular complexity index is 211. The summed E-state index contributed by atoms with van der Waals surface area (Å²) in [5, 5.41) is 10.1. The van der Waals surface area contributed by atoms with Gasteiger partial charge in [0.25, 0.3) is 0 Å². The predicted octanol–water partition coefficient (Wildman–Crippen LogP) is 3.32. The number of thioether (sulfide) groups is 2. The molecule has 16 heavy (non-hydrogen) atoms. The molecule has 1 N–H and O–H groups in total. The van der Waals surface area contributed by atoms with Crippen LogP contribution in [0.2, 0.25) is 0 Å². The normalized spacial score (nSPS) is 29.1. The van der Waals surface area contributed by atoms with Crippen LogP contribution in [-0.2, 0) is 0 Å². The standard InChI is InChI=1S/C10H17F3OS2/c1-2-8-9(16-6-5-15-8)7(14)3-4-10(11,12)13/h7-9,14H,2-6H2,1H3. The first-order valence-electron chi connectivity index (χ1n) is 5.42. The molecule has 0 saturated carbocycles. The number of aliphatic hydroxyl groups is 1. The SMILES string of the molecule is CCC1SCCSC1C(O)CCC(F)(F)F. The van der Waals surface area contributed by atoms with E-state index in [0.717, 1.165) is 17.9 Å². The zero-order valence-electron chi connectivity index (χ0n) is 9.17. The molecule has 0 spiro atoms. The lowest BCUT2D eigenvalue weighted by Gasteiger charge is -2.33. The van der Waals surface area contributed by atoms with Crippen molar-refractivity contribution in [3.05, 3.63) is 0 Å². The molecule has 1 rings (SSSR count). The molecule has 0 radical (unpaired) electrons. The molecule has 1 aliphatic rings. The highest BCUT2D eigenvalue weighted by molar-refractivity contribution is 8.07. The van der Waals surface area contributed by atoms with Crippen molar-refractivity contribution in [2.75, 3.05) is 11.5 Å². The minimum atomic E-state index is -4.16. The number of alkyl halides is 3. The van der Waals surface area contributed by atoms with Crippen LogP contribution in [0.4, 0.5) is 13.2 Å². The monoisotopic (exact) mass is 274 g/mol. The van der Waals surface area contributed by atoms with E-state index in [4.69, 9.17) is 0 Å². The Labute approximate surface area is 103 Å². The Morgan fingerprint density at radius 3 is 2.50 bits per heavy atom. The number of halogens is 3. The molecule has 1 fully saturated rings. The molecule has 1 aliphatic heterocycles. The summed E-state index contributed by atoms with van der Waals surface area (Å²) < 4.78 is 36.1. The van der Waals surface area contributed by atoms with E-state index in [0.29, 0.717) is 5.25 Å². The second kappa shape index (κ2) is 6.40. The van der Waals surface area contributed by atoms with Crippen LogP contribution in [0.15, 0.2) is 0 Å². The third kappa shape index (κ3) is 4.75. The molecule has 0 aromatic carbocycles. The van der Waals surface area contributed by atoms with E-state index >= 15 is 0 Å². The summed E-state index contributed by atoms with van der Waals surface area (Å²) in [6.07, 6.45) is -5.13. The molecule has 1 saturated heterocycles. The molecule has 0 aliphatic carbocycles. The highest BCUT2D eigenvalue weighted by Crippen LogP contribution is 2.37. The first-order chi connectivity index (χ1) is 7.44. The molecule has 0 amide bonds. The van der Waals surface area contributed by atoms with Gasteiger partial charge in [-0.25, -0.2) is 0 Å². The Hall–Kier alpha value is 0.450. The first kappa shape index (κ1) is 14.5. The highest BCUT2D eigenvalue weighted by atomic mass is 32.2. The van der Waals surface area contributed by atoms with Gasteiger partial charge in [0.05, 0.1) is 6.10 Å². The van der Waals surface area contributed by atoms with Gasteiger partial charge in [0.2, 0.25) is 0 Å². The van der Waals surface area contributed by atoms with Gasteiger partial charge in [0.1, 0.15) is 0 Å². The predicted molar refractivity (Wildman–Crippen MR) is 64.1 cm³/mol. The molecule has 0 bridgehead atoms. The highest BCUT2D eigenvalue weighted by Gasteiger charge is 2.34. The average molecular weight is 274 g/mol. The van der Waals surface area contributed by atoms with Crippen molar-refractivity contribution in [1.82, 2.24) is 0 Å². The summed E-state index contributed by atoms with van der Waals surface area (Å²) >= 11 is 3.39. The molecular weight excluding hydrogens is 257 g/mol. The van der Waals surface area contributed by atoms with Crippen LogP contribution in [0.1, 0.15) is 26.2 Å². The van der Waals surface area contributed by atoms with E-state index in [9.17, 15) is 18.3 Å². The maximum Gasteiger partial charge on any atom is 0.389 e. The molecule has 0 aromatic rings. The molecule has 1 heterocycles. The lowest BCUT2D eigenvalue weighted by molar-refractivity contribution is -0.139. The van der Waals surface area contributed by atoms with E-state index in [1.54, 1.807) is 23.5 Å². The Morgan fingerprint density at radius 1 is 1.31 bits per heavy atom. The lowest BCUT2D eigenvalue weighted by atomic mass is 10.1. The van der Waals surface area contributed by atoms with Crippen molar-refractivity contribution in [3.8, 4) is 0 Å². The second-order valence-corrected chi connectivity index (χ2v) is 6.51. The van der Waals surface area contributed by atoms with Crippen LogP contribution in [0.3, 0.4) is 0 Å². The number of hydrogen-bond donors (Lipinski definition) is 1. The molecule has 1 nitrogen and oxygen atoms in total. The summed E-state index contributed by atoms with van der Waals surface area (Å²) in [5.41, 5.74) is 0. The maximum absolute atomic E-state index is 12.0. The van der Waals surface area contributed by atoms with Crippen molar-refractivity contribution in [2.45, 2.75) is 49.0 Å². The summed E-state index contributed by atoms with van der Waals surface area (Å²) in [6.45, 7) is 2.02. The summed E-state index contributed by atoms with van der Waals surface area (Å²) in [5.74, 6) is 1.96. The fraction of sp³-hybridized carbons (Fsp3) is 1.00. The van der Waals surface area contributed by atoms with Gasteiger partial charge in [0, 0.05) is 28.4 Å². The molecular formula is C10H17F3OS2. The van der Waals surface area contributed by atoms with E-state index in [-0.39, 0.29) is 11.7 Å². The third-order valence-corrected chi connectivity index (χ3v) is 5.99. The van der Waals surface area contributed by atoms with Crippen molar-refractivity contribution in [1.29, 1.82) is 0 Å². The zero-order valence-corrected chi connectivity index (χ0v) is 10.8. The topological polar surface area (TPSA) is 20.2 Å². The van der Waals surface area contributed by atoms with E-state index < -0.39 is 18.7 Å². The quantitative estimate of drug-likeness (QED) is 0.849. The smallest absolute Gasteiger partial charge is 0.389 e. The molecule has 6 heteroatoms. The Balaban J connectivity index is 2.41. The van der Waals surface area contributed by atoms with Crippen molar-refractivity contribution in [3.63, 3.8) is 0 Å². The van der Waals surface area contributed by atoms with Gasteiger partial charge in [0.15, 0.2) is 0 Å². The van der Waals surface area contributed by atoms with Crippen LogP contribution < -0.4 is 0 Å². The van der Waals surface area contributed by atoms with E-state index in [1.165, 1.54) is 0 Å². The number of rotatable bonds is 4. The van der Waals surface area contributed by atoms with Crippen LogP contribution >= 0.6 is 23.5 Å². The minimum Gasteiger partial charge on any atom is -0.392 e.